The summed E-state index contributed by atoms with van der Waals surface area (Å²) >= 11 is 0. The van der Waals surface area contributed by atoms with E-state index in [9.17, 15) is 0 Å². The van der Waals surface area contributed by atoms with Crippen molar-refractivity contribution in [2.24, 2.45) is 0 Å². The Morgan fingerprint density at radius 2 is 1.72 bits per heavy atom. The molecule has 0 atom stereocenters. The van der Waals surface area contributed by atoms with Crippen molar-refractivity contribution < 1.29 is 9.26 Å². The lowest BCUT2D eigenvalue weighted by molar-refractivity contribution is 0.306. The molecule has 1 heterocycles. The first-order valence-corrected chi connectivity index (χ1v) is 8.50. The van der Waals surface area contributed by atoms with Crippen molar-refractivity contribution >= 4 is 0 Å². The van der Waals surface area contributed by atoms with Gasteiger partial charge in [-0.2, -0.15) is 5.26 Å². The summed E-state index contributed by atoms with van der Waals surface area (Å²) in [5, 5.41) is 13.0. The van der Waals surface area contributed by atoms with E-state index in [-0.39, 0.29) is 0 Å². The van der Waals surface area contributed by atoms with Crippen LogP contribution in [0, 0.1) is 11.3 Å². The maximum Gasteiger partial charge on any atom is 0.167 e. The molecule has 0 saturated heterocycles. The summed E-state index contributed by atoms with van der Waals surface area (Å²) in [6, 6.07) is 19.1. The second kappa shape index (κ2) is 8.16. The first kappa shape index (κ1) is 16.8. The molecular formula is C21H20N2O2. The van der Waals surface area contributed by atoms with Gasteiger partial charge in [0.2, 0.25) is 0 Å². The van der Waals surface area contributed by atoms with Gasteiger partial charge in [0.15, 0.2) is 5.76 Å². The van der Waals surface area contributed by atoms with Gasteiger partial charge in [-0.15, -0.1) is 0 Å². The number of rotatable bonds is 7. The molecule has 0 fully saturated rings. The summed E-state index contributed by atoms with van der Waals surface area (Å²) in [5.74, 6) is 1.55. The highest BCUT2D eigenvalue weighted by Gasteiger charge is 2.09. The maximum atomic E-state index is 8.86. The summed E-state index contributed by atoms with van der Waals surface area (Å²) in [4.78, 5) is 0. The van der Waals surface area contributed by atoms with Crippen LogP contribution in [-0.4, -0.2) is 11.8 Å². The van der Waals surface area contributed by atoms with Gasteiger partial charge in [0.05, 0.1) is 18.2 Å². The molecule has 25 heavy (non-hydrogen) atoms. The molecule has 3 aromatic rings. The molecule has 0 aliphatic heterocycles. The highest BCUT2D eigenvalue weighted by atomic mass is 16.5. The Morgan fingerprint density at radius 3 is 2.40 bits per heavy atom. The molecule has 0 unspecified atom stereocenters. The van der Waals surface area contributed by atoms with E-state index in [0.717, 1.165) is 35.6 Å². The fourth-order valence-electron chi connectivity index (χ4n) is 2.52. The van der Waals surface area contributed by atoms with Crippen LogP contribution in [0.25, 0.3) is 22.6 Å². The van der Waals surface area contributed by atoms with E-state index < -0.39 is 0 Å². The standard InChI is InChI=1S/C21H20N2O2/c1-2-3-4-13-24-19-11-9-17(10-12-19)20-14-21(25-23-20)18-7-5-16(15-22)6-8-18/h5-12,14H,2-4,13H2,1H3. The third-order valence-electron chi connectivity index (χ3n) is 3.98. The van der Waals surface area contributed by atoms with Crippen molar-refractivity contribution in [3.63, 3.8) is 0 Å². The average Bonchev–Trinajstić information content (AvgIpc) is 3.16. The third-order valence-corrected chi connectivity index (χ3v) is 3.98. The van der Waals surface area contributed by atoms with Gasteiger partial charge < -0.3 is 9.26 Å². The van der Waals surface area contributed by atoms with Crippen LogP contribution in [0.15, 0.2) is 59.1 Å². The molecule has 0 bridgehead atoms. The predicted molar refractivity (Wildman–Crippen MR) is 97.1 cm³/mol. The normalized spacial score (nSPS) is 10.4. The van der Waals surface area contributed by atoms with E-state index in [0.29, 0.717) is 11.3 Å². The zero-order valence-electron chi connectivity index (χ0n) is 14.2. The molecule has 3 rings (SSSR count). The van der Waals surface area contributed by atoms with Crippen LogP contribution < -0.4 is 4.74 Å². The average molecular weight is 332 g/mol. The number of hydrogen-bond donors (Lipinski definition) is 0. The second-order valence-electron chi connectivity index (χ2n) is 5.85. The highest BCUT2D eigenvalue weighted by molar-refractivity contribution is 5.67. The smallest absolute Gasteiger partial charge is 0.167 e. The summed E-state index contributed by atoms with van der Waals surface area (Å²) in [6.07, 6.45) is 3.46. The topological polar surface area (TPSA) is 59.0 Å². The monoisotopic (exact) mass is 332 g/mol. The molecule has 0 spiro atoms. The van der Waals surface area contributed by atoms with Crippen LogP contribution in [0.2, 0.25) is 0 Å². The van der Waals surface area contributed by atoms with E-state index >= 15 is 0 Å². The fourth-order valence-corrected chi connectivity index (χ4v) is 2.52. The maximum absolute atomic E-state index is 8.86. The molecule has 4 nitrogen and oxygen atoms in total. The molecule has 2 aromatic carbocycles. The number of ether oxygens (including phenoxy) is 1. The van der Waals surface area contributed by atoms with Gasteiger partial charge in [0.25, 0.3) is 0 Å². The molecule has 0 aliphatic rings. The van der Waals surface area contributed by atoms with Crippen molar-refractivity contribution in [1.82, 2.24) is 5.16 Å². The molecule has 4 heteroatoms. The van der Waals surface area contributed by atoms with Crippen LogP contribution in [0.3, 0.4) is 0 Å². The van der Waals surface area contributed by atoms with E-state index in [1.165, 1.54) is 12.8 Å². The lowest BCUT2D eigenvalue weighted by Gasteiger charge is -2.05. The Bertz CT molecular complexity index is 843. The zero-order valence-corrected chi connectivity index (χ0v) is 14.2. The van der Waals surface area contributed by atoms with Crippen molar-refractivity contribution in [2.45, 2.75) is 26.2 Å². The number of nitriles is 1. The Hall–Kier alpha value is -3.06. The lowest BCUT2D eigenvalue weighted by atomic mass is 10.1. The minimum atomic E-state index is 0.623. The fraction of sp³-hybridized carbons (Fsp3) is 0.238. The SMILES string of the molecule is CCCCCOc1ccc(-c2cc(-c3ccc(C#N)cc3)on2)cc1. The van der Waals surface area contributed by atoms with E-state index in [4.69, 9.17) is 14.5 Å². The Kier molecular flexibility index (Phi) is 5.48. The summed E-state index contributed by atoms with van der Waals surface area (Å²) in [5.41, 5.74) is 3.27. The quantitative estimate of drug-likeness (QED) is 0.540. The summed E-state index contributed by atoms with van der Waals surface area (Å²) in [6.45, 7) is 2.93. The summed E-state index contributed by atoms with van der Waals surface area (Å²) in [7, 11) is 0. The van der Waals surface area contributed by atoms with Crippen LogP contribution >= 0.6 is 0 Å². The minimum absolute atomic E-state index is 0.623. The highest BCUT2D eigenvalue weighted by Crippen LogP contribution is 2.27. The number of hydrogen-bond acceptors (Lipinski definition) is 4. The molecular weight excluding hydrogens is 312 g/mol. The molecule has 0 amide bonds. The van der Waals surface area contributed by atoms with Gasteiger partial charge in [0.1, 0.15) is 11.4 Å². The van der Waals surface area contributed by atoms with Crippen molar-refractivity contribution in [3.8, 4) is 34.4 Å². The molecule has 0 N–H and O–H groups in total. The van der Waals surface area contributed by atoms with Crippen molar-refractivity contribution in [2.75, 3.05) is 6.61 Å². The van der Waals surface area contributed by atoms with Gasteiger partial charge in [-0.3, -0.25) is 0 Å². The van der Waals surface area contributed by atoms with Crippen LogP contribution in [0.5, 0.6) is 5.75 Å². The molecule has 0 aliphatic carbocycles. The van der Waals surface area contributed by atoms with Crippen LogP contribution in [0.1, 0.15) is 31.7 Å². The first-order valence-electron chi connectivity index (χ1n) is 8.50. The van der Waals surface area contributed by atoms with Gasteiger partial charge in [-0.1, -0.05) is 24.9 Å². The van der Waals surface area contributed by atoms with Crippen molar-refractivity contribution in [1.29, 1.82) is 5.26 Å². The number of aromatic nitrogens is 1. The zero-order chi connectivity index (χ0) is 17.5. The molecule has 0 radical (unpaired) electrons. The summed E-state index contributed by atoms with van der Waals surface area (Å²) < 4.78 is 11.2. The van der Waals surface area contributed by atoms with E-state index in [2.05, 4.69) is 18.1 Å². The predicted octanol–water partition coefficient (Wildman–Crippen LogP) is 5.45. The van der Waals surface area contributed by atoms with Crippen LogP contribution in [0.4, 0.5) is 0 Å². The first-order chi connectivity index (χ1) is 12.3. The molecule has 126 valence electrons. The molecule has 1 aromatic heterocycles. The number of unbranched alkanes of at least 4 members (excludes halogenated alkanes) is 2. The van der Waals surface area contributed by atoms with Gasteiger partial charge in [-0.05, 0) is 55.0 Å². The van der Waals surface area contributed by atoms with Gasteiger partial charge in [0, 0.05) is 17.2 Å². The minimum Gasteiger partial charge on any atom is -0.494 e. The van der Waals surface area contributed by atoms with Gasteiger partial charge >= 0.3 is 0 Å². The Morgan fingerprint density at radius 1 is 1.00 bits per heavy atom. The lowest BCUT2D eigenvalue weighted by Crippen LogP contribution is -1.96. The third kappa shape index (κ3) is 4.27. The Labute approximate surface area is 147 Å². The second-order valence-corrected chi connectivity index (χ2v) is 5.85. The Balaban J connectivity index is 1.68. The van der Waals surface area contributed by atoms with Gasteiger partial charge in [-0.25, -0.2) is 0 Å². The molecule has 0 saturated carbocycles. The van der Waals surface area contributed by atoms with Crippen LogP contribution in [-0.2, 0) is 0 Å². The van der Waals surface area contributed by atoms with E-state index in [1.807, 2.05) is 42.5 Å². The largest absolute Gasteiger partial charge is 0.494 e. The van der Waals surface area contributed by atoms with Crippen molar-refractivity contribution in [3.05, 3.63) is 60.2 Å². The number of benzene rings is 2. The van der Waals surface area contributed by atoms with E-state index in [1.54, 1.807) is 12.1 Å². The number of nitrogens with zero attached hydrogens (tertiary/aromatic N) is 2.